The van der Waals surface area contributed by atoms with E-state index in [9.17, 15) is 19.1 Å². The molecule has 1 aliphatic carbocycles. The van der Waals surface area contributed by atoms with Gasteiger partial charge in [-0.05, 0) is 48.7 Å². The van der Waals surface area contributed by atoms with Crippen LogP contribution in [0, 0.1) is 23.6 Å². The Balaban J connectivity index is 1.31. The van der Waals surface area contributed by atoms with E-state index in [1.165, 1.54) is 35.9 Å². The number of halogens is 1. The zero-order chi connectivity index (χ0) is 22.2. The number of aliphatic hydroxyl groups is 1. The number of carbonyl (C=O) groups is 2. The molecule has 2 aliphatic heterocycles. The molecule has 164 valence electrons. The number of carbonyl (C=O) groups excluding carboxylic acids is 2. The van der Waals surface area contributed by atoms with Crippen molar-refractivity contribution in [1.82, 2.24) is 9.80 Å². The monoisotopic (exact) mass is 433 g/mol. The maximum absolute atomic E-state index is 13.4. The molecular weight excluding hydrogens is 409 g/mol. The molecule has 5 rings (SSSR count). The third-order valence-electron chi connectivity index (χ3n) is 6.41. The van der Waals surface area contributed by atoms with Crippen molar-refractivity contribution in [1.29, 1.82) is 0 Å². The summed E-state index contributed by atoms with van der Waals surface area (Å²) in [7, 11) is 0. The average Bonchev–Trinajstić information content (AvgIpc) is 3.59. The fraction of sp³-hybridized carbons (Fsp3) is 0.360. The number of aliphatic hydroxyl groups excluding tert-OH is 1. The second-order valence-electron chi connectivity index (χ2n) is 8.63. The van der Waals surface area contributed by atoms with Crippen LogP contribution in [0.5, 0.6) is 0 Å². The molecule has 2 N–H and O–H groups in total. The highest BCUT2D eigenvalue weighted by Gasteiger charge is 2.54. The molecule has 0 unspecified atom stereocenters. The fourth-order valence-corrected chi connectivity index (χ4v) is 4.62. The van der Waals surface area contributed by atoms with Gasteiger partial charge in [-0.25, -0.2) is 9.18 Å². The average molecular weight is 433 g/mol. The normalized spacial score (nSPS) is 24.2. The summed E-state index contributed by atoms with van der Waals surface area (Å²) >= 11 is 0. The first-order valence-electron chi connectivity index (χ1n) is 10.9. The first-order chi connectivity index (χ1) is 15.5. The Morgan fingerprint density at radius 3 is 2.66 bits per heavy atom. The Morgan fingerprint density at radius 2 is 1.97 bits per heavy atom. The number of hydrogen-bond acceptors (Lipinski definition) is 3. The summed E-state index contributed by atoms with van der Waals surface area (Å²) in [6.45, 7) is 0.138. The number of piperazine rings is 1. The van der Waals surface area contributed by atoms with Gasteiger partial charge in [0.15, 0.2) is 0 Å². The highest BCUT2D eigenvalue weighted by atomic mass is 19.1. The number of hydrogen-bond donors (Lipinski definition) is 2. The van der Waals surface area contributed by atoms with Crippen molar-refractivity contribution in [3.8, 4) is 11.8 Å². The predicted molar refractivity (Wildman–Crippen MR) is 117 cm³/mol. The van der Waals surface area contributed by atoms with Gasteiger partial charge in [0.05, 0.1) is 18.7 Å². The van der Waals surface area contributed by atoms with Crippen LogP contribution in [0.2, 0.25) is 0 Å². The summed E-state index contributed by atoms with van der Waals surface area (Å²) in [5.41, 5.74) is 2.31. The Bertz CT molecular complexity index is 1100. The van der Waals surface area contributed by atoms with Crippen molar-refractivity contribution in [2.24, 2.45) is 5.92 Å². The SMILES string of the molecule is O=C(Nc1cccc(F)c1)N1CC(=O)N2[C@H](C1)[C@@H](c1ccc(C#CC3CC3)cc1)[C@@H]2CO. The summed E-state index contributed by atoms with van der Waals surface area (Å²) in [4.78, 5) is 28.6. The van der Waals surface area contributed by atoms with Gasteiger partial charge in [0.2, 0.25) is 5.91 Å². The van der Waals surface area contributed by atoms with E-state index in [0.29, 0.717) is 18.2 Å². The van der Waals surface area contributed by atoms with Gasteiger partial charge >= 0.3 is 6.03 Å². The van der Waals surface area contributed by atoms with Gasteiger partial charge in [-0.3, -0.25) is 4.79 Å². The lowest BCUT2D eigenvalue weighted by Gasteiger charge is -2.58. The van der Waals surface area contributed by atoms with Crippen LogP contribution in [-0.2, 0) is 4.79 Å². The molecule has 3 fully saturated rings. The van der Waals surface area contributed by atoms with E-state index in [1.54, 1.807) is 11.0 Å². The van der Waals surface area contributed by atoms with E-state index in [2.05, 4.69) is 17.2 Å². The summed E-state index contributed by atoms with van der Waals surface area (Å²) in [6.07, 6.45) is 2.36. The van der Waals surface area contributed by atoms with Crippen LogP contribution in [-0.4, -0.2) is 58.6 Å². The largest absolute Gasteiger partial charge is 0.394 e. The van der Waals surface area contributed by atoms with Crippen molar-refractivity contribution in [3.63, 3.8) is 0 Å². The molecule has 2 aromatic carbocycles. The van der Waals surface area contributed by atoms with Crippen LogP contribution in [0.25, 0.3) is 0 Å². The fourth-order valence-electron chi connectivity index (χ4n) is 4.62. The van der Waals surface area contributed by atoms with Crippen LogP contribution in [0.15, 0.2) is 48.5 Å². The standard InChI is InChI=1S/C25H24FN3O3/c26-19-2-1-3-20(12-19)27-25(32)28-13-21-24(22(15-30)29(21)23(31)14-28)18-10-8-17(9-11-18)7-6-16-4-5-16/h1-3,8-12,16,21-22,24,30H,4-5,13-15H2,(H,27,32)/t21-,22+,24-/m1/s1. The summed E-state index contributed by atoms with van der Waals surface area (Å²) < 4.78 is 13.4. The quantitative estimate of drug-likeness (QED) is 0.732. The maximum Gasteiger partial charge on any atom is 0.322 e. The number of anilines is 1. The minimum absolute atomic E-state index is 0.0702. The highest BCUT2D eigenvalue weighted by Crippen LogP contribution is 2.43. The maximum atomic E-state index is 13.4. The Hall–Kier alpha value is -3.37. The van der Waals surface area contributed by atoms with E-state index in [0.717, 1.165) is 11.1 Å². The smallest absolute Gasteiger partial charge is 0.322 e. The lowest BCUT2D eigenvalue weighted by Crippen LogP contribution is -2.73. The van der Waals surface area contributed by atoms with E-state index >= 15 is 0 Å². The lowest BCUT2D eigenvalue weighted by molar-refractivity contribution is -0.159. The molecule has 3 amide bonds. The zero-order valence-corrected chi connectivity index (χ0v) is 17.5. The third-order valence-corrected chi connectivity index (χ3v) is 6.41. The van der Waals surface area contributed by atoms with Gasteiger partial charge in [0, 0.05) is 29.6 Å². The second-order valence-corrected chi connectivity index (χ2v) is 8.63. The number of nitrogens with one attached hydrogen (secondary N) is 1. The Labute approximate surface area is 186 Å². The van der Waals surface area contributed by atoms with E-state index in [4.69, 9.17) is 0 Å². The summed E-state index contributed by atoms with van der Waals surface area (Å²) in [6, 6.07) is 12.6. The molecule has 0 aromatic heterocycles. The molecule has 0 radical (unpaired) electrons. The second kappa shape index (κ2) is 8.29. The van der Waals surface area contributed by atoms with Gasteiger partial charge in [-0.2, -0.15) is 0 Å². The molecule has 0 spiro atoms. The Morgan fingerprint density at radius 1 is 1.19 bits per heavy atom. The van der Waals surface area contributed by atoms with Gasteiger partial charge < -0.3 is 20.2 Å². The number of benzene rings is 2. The zero-order valence-electron chi connectivity index (χ0n) is 17.5. The number of amides is 3. The van der Waals surface area contributed by atoms with Crippen molar-refractivity contribution in [2.45, 2.75) is 30.8 Å². The van der Waals surface area contributed by atoms with Crippen LogP contribution in [0.1, 0.15) is 29.9 Å². The molecule has 7 heteroatoms. The minimum Gasteiger partial charge on any atom is -0.394 e. The summed E-state index contributed by atoms with van der Waals surface area (Å²) in [5.74, 6) is 6.26. The first-order valence-corrected chi connectivity index (χ1v) is 10.9. The van der Waals surface area contributed by atoms with Crippen molar-refractivity contribution in [3.05, 3.63) is 65.5 Å². The number of fused-ring (bicyclic) bond motifs is 1. The molecule has 2 aromatic rings. The summed E-state index contributed by atoms with van der Waals surface area (Å²) in [5, 5.41) is 12.6. The van der Waals surface area contributed by atoms with E-state index in [1.807, 2.05) is 24.3 Å². The van der Waals surface area contributed by atoms with Gasteiger partial charge in [-0.15, -0.1) is 0 Å². The number of rotatable bonds is 3. The molecular formula is C25H24FN3O3. The molecule has 3 atom stereocenters. The van der Waals surface area contributed by atoms with Gasteiger partial charge in [0.25, 0.3) is 0 Å². The van der Waals surface area contributed by atoms with E-state index < -0.39 is 11.8 Å². The van der Waals surface area contributed by atoms with Crippen LogP contribution < -0.4 is 5.32 Å². The third kappa shape index (κ3) is 3.94. The number of urea groups is 1. The van der Waals surface area contributed by atoms with Gasteiger partial charge in [-0.1, -0.05) is 30.0 Å². The molecule has 0 bridgehead atoms. The molecule has 2 heterocycles. The highest BCUT2D eigenvalue weighted by molar-refractivity contribution is 5.93. The van der Waals surface area contributed by atoms with Gasteiger partial charge in [0.1, 0.15) is 12.4 Å². The van der Waals surface area contributed by atoms with Crippen LogP contribution >= 0.6 is 0 Å². The molecule has 1 saturated carbocycles. The lowest BCUT2D eigenvalue weighted by atomic mass is 9.73. The topological polar surface area (TPSA) is 72.9 Å². The molecule has 3 aliphatic rings. The molecule has 32 heavy (non-hydrogen) atoms. The van der Waals surface area contributed by atoms with Crippen molar-refractivity contribution in [2.75, 3.05) is 25.0 Å². The van der Waals surface area contributed by atoms with Crippen molar-refractivity contribution >= 4 is 17.6 Å². The van der Waals surface area contributed by atoms with Crippen LogP contribution in [0.4, 0.5) is 14.9 Å². The minimum atomic E-state index is -0.446. The predicted octanol–water partition coefficient (Wildman–Crippen LogP) is 2.79. The number of nitrogens with zero attached hydrogens (tertiary/aromatic N) is 2. The molecule has 2 saturated heterocycles. The Kier molecular flexibility index (Phi) is 5.32. The van der Waals surface area contributed by atoms with Crippen molar-refractivity contribution < 1.29 is 19.1 Å². The van der Waals surface area contributed by atoms with Crippen LogP contribution in [0.3, 0.4) is 0 Å². The van der Waals surface area contributed by atoms with E-state index in [-0.39, 0.29) is 37.1 Å². The molecule has 6 nitrogen and oxygen atoms in total. The first kappa shape index (κ1) is 20.5.